The van der Waals surface area contributed by atoms with Crippen LogP contribution in [-0.2, 0) is 0 Å². The third-order valence-electron chi connectivity index (χ3n) is 5.57. The smallest absolute Gasteiger partial charge is 0.269 e. The molecule has 1 fully saturated rings. The molecule has 0 atom stereocenters. The minimum Gasteiger partial charge on any atom is -0.497 e. The summed E-state index contributed by atoms with van der Waals surface area (Å²) >= 11 is 0. The zero-order valence-corrected chi connectivity index (χ0v) is 16.4. The lowest BCUT2D eigenvalue weighted by Crippen LogP contribution is -2.46. The van der Waals surface area contributed by atoms with E-state index in [9.17, 15) is 10.1 Å². The maximum atomic E-state index is 10.9. The highest BCUT2D eigenvalue weighted by molar-refractivity contribution is 6.08. The number of hydrogen-bond acceptors (Lipinski definition) is 7. The molecular formula is C21H20N6O3. The van der Waals surface area contributed by atoms with Crippen LogP contribution in [0.1, 0.15) is 0 Å². The van der Waals surface area contributed by atoms with Gasteiger partial charge in [0.2, 0.25) is 0 Å². The molecule has 0 saturated carbocycles. The van der Waals surface area contributed by atoms with Crippen molar-refractivity contribution in [2.45, 2.75) is 0 Å². The zero-order valence-electron chi connectivity index (χ0n) is 16.4. The van der Waals surface area contributed by atoms with Gasteiger partial charge in [-0.1, -0.05) is 0 Å². The van der Waals surface area contributed by atoms with Gasteiger partial charge in [0.25, 0.3) is 5.69 Å². The second-order valence-electron chi connectivity index (χ2n) is 7.21. The van der Waals surface area contributed by atoms with Crippen molar-refractivity contribution < 1.29 is 9.66 Å². The van der Waals surface area contributed by atoms with E-state index in [1.807, 2.05) is 30.3 Å². The Balaban J connectivity index is 1.40. The molecule has 5 rings (SSSR count). The lowest BCUT2D eigenvalue weighted by molar-refractivity contribution is -0.384. The predicted molar refractivity (Wildman–Crippen MR) is 115 cm³/mol. The molecule has 1 saturated heterocycles. The number of rotatable bonds is 4. The fourth-order valence-corrected chi connectivity index (χ4v) is 3.99. The van der Waals surface area contributed by atoms with Crippen LogP contribution in [0.15, 0.2) is 48.8 Å². The SMILES string of the molecule is COc1ccc2c(c1)[nH]c1c(N3CCN(c4ccc([N+](=O)[O-])cc4)CC3)ncnc12. The van der Waals surface area contributed by atoms with Crippen molar-refractivity contribution in [1.29, 1.82) is 0 Å². The standard InChI is InChI=1S/C21H20N6O3/c1-30-16-6-7-17-18(12-16)24-20-19(17)22-13-23-21(20)26-10-8-25(9-11-26)14-2-4-15(5-3-14)27(28)29/h2-7,12-13,24H,8-11H2,1H3. The van der Waals surface area contributed by atoms with Crippen LogP contribution in [0.25, 0.3) is 21.9 Å². The van der Waals surface area contributed by atoms with Gasteiger partial charge in [-0.3, -0.25) is 10.1 Å². The Kier molecular flexibility index (Phi) is 4.35. The fourth-order valence-electron chi connectivity index (χ4n) is 3.99. The molecule has 152 valence electrons. The summed E-state index contributed by atoms with van der Waals surface area (Å²) in [6, 6.07) is 12.6. The molecule has 0 unspecified atom stereocenters. The zero-order chi connectivity index (χ0) is 20.7. The summed E-state index contributed by atoms with van der Waals surface area (Å²) < 4.78 is 5.33. The van der Waals surface area contributed by atoms with Crippen molar-refractivity contribution in [3.8, 4) is 5.75 Å². The monoisotopic (exact) mass is 404 g/mol. The van der Waals surface area contributed by atoms with Crippen molar-refractivity contribution in [3.63, 3.8) is 0 Å². The van der Waals surface area contributed by atoms with Gasteiger partial charge in [0, 0.05) is 55.5 Å². The number of ether oxygens (including phenoxy) is 1. The first-order valence-electron chi connectivity index (χ1n) is 9.69. The maximum absolute atomic E-state index is 10.9. The Labute approximate surface area is 172 Å². The number of nitro groups is 1. The molecule has 4 aromatic rings. The van der Waals surface area contributed by atoms with E-state index in [2.05, 4.69) is 24.8 Å². The number of nitro benzene ring substituents is 1. The van der Waals surface area contributed by atoms with Crippen molar-refractivity contribution in [3.05, 3.63) is 58.9 Å². The largest absolute Gasteiger partial charge is 0.497 e. The highest BCUT2D eigenvalue weighted by Crippen LogP contribution is 2.32. The minimum atomic E-state index is -0.377. The Bertz CT molecular complexity index is 1230. The molecule has 0 amide bonds. The van der Waals surface area contributed by atoms with Gasteiger partial charge in [-0.2, -0.15) is 0 Å². The molecule has 2 aromatic heterocycles. The summed E-state index contributed by atoms with van der Waals surface area (Å²) in [5.41, 5.74) is 3.89. The van der Waals surface area contributed by atoms with Crippen molar-refractivity contribution in [2.75, 3.05) is 43.1 Å². The molecule has 2 aromatic carbocycles. The Morgan fingerprint density at radius 2 is 1.77 bits per heavy atom. The summed E-state index contributed by atoms with van der Waals surface area (Å²) in [6.45, 7) is 3.19. The maximum Gasteiger partial charge on any atom is 0.269 e. The van der Waals surface area contributed by atoms with Crippen molar-refractivity contribution >= 4 is 39.1 Å². The molecule has 1 aliphatic heterocycles. The fraction of sp³-hybridized carbons (Fsp3) is 0.238. The number of H-pyrrole nitrogens is 1. The van der Waals surface area contributed by atoms with Gasteiger partial charge >= 0.3 is 0 Å². The van der Waals surface area contributed by atoms with E-state index in [0.717, 1.165) is 65.4 Å². The number of methoxy groups -OCH3 is 1. The van der Waals surface area contributed by atoms with Gasteiger partial charge in [0.05, 0.1) is 17.5 Å². The average molecular weight is 404 g/mol. The van der Waals surface area contributed by atoms with E-state index in [0.29, 0.717) is 0 Å². The average Bonchev–Trinajstić information content (AvgIpc) is 3.17. The summed E-state index contributed by atoms with van der Waals surface area (Å²) in [5.74, 6) is 1.68. The van der Waals surface area contributed by atoms with Crippen LogP contribution in [0, 0.1) is 10.1 Å². The van der Waals surface area contributed by atoms with Gasteiger partial charge in [-0.25, -0.2) is 9.97 Å². The summed E-state index contributed by atoms with van der Waals surface area (Å²) in [7, 11) is 1.65. The molecular weight excluding hydrogens is 384 g/mol. The Morgan fingerprint density at radius 1 is 1.03 bits per heavy atom. The summed E-state index contributed by atoms with van der Waals surface area (Å²) in [5, 5.41) is 11.9. The van der Waals surface area contributed by atoms with E-state index >= 15 is 0 Å². The van der Waals surface area contributed by atoms with Crippen LogP contribution in [-0.4, -0.2) is 53.2 Å². The first-order valence-corrected chi connectivity index (χ1v) is 9.69. The lowest BCUT2D eigenvalue weighted by Gasteiger charge is -2.36. The molecule has 3 heterocycles. The van der Waals surface area contributed by atoms with E-state index in [1.54, 1.807) is 25.6 Å². The predicted octanol–water partition coefficient (Wildman–Crippen LogP) is 3.35. The highest BCUT2D eigenvalue weighted by Gasteiger charge is 2.22. The van der Waals surface area contributed by atoms with Crippen LogP contribution in [0.4, 0.5) is 17.2 Å². The number of aromatic nitrogens is 3. The van der Waals surface area contributed by atoms with Crippen LogP contribution in [0.2, 0.25) is 0 Å². The minimum absolute atomic E-state index is 0.108. The quantitative estimate of drug-likeness (QED) is 0.411. The van der Waals surface area contributed by atoms with Gasteiger partial charge < -0.3 is 19.5 Å². The molecule has 0 spiro atoms. The number of aromatic amines is 1. The highest BCUT2D eigenvalue weighted by atomic mass is 16.6. The van der Waals surface area contributed by atoms with E-state index in [-0.39, 0.29) is 10.6 Å². The molecule has 9 nitrogen and oxygen atoms in total. The summed E-state index contributed by atoms with van der Waals surface area (Å²) in [4.78, 5) is 27.5. The molecule has 0 radical (unpaired) electrons. The van der Waals surface area contributed by atoms with E-state index in [4.69, 9.17) is 4.74 Å². The molecule has 9 heteroatoms. The van der Waals surface area contributed by atoms with Gasteiger partial charge in [0.1, 0.15) is 23.1 Å². The van der Waals surface area contributed by atoms with Crippen LogP contribution < -0.4 is 14.5 Å². The van der Waals surface area contributed by atoms with Gasteiger partial charge in [-0.05, 0) is 24.3 Å². The molecule has 1 aliphatic rings. The lowest BCUT2D eigenvalue weighted by atomic mass is 10.2. The molecule has 1 N–H and O–H groups in total. The van der Waals surface area contributed by atoms with Crippen molar-refractivity contribution in [2.24, 2.45) is 0 Å². The number of hydrogen-bond donors (Lipinski definition) is 1. The summed E-state index contributed by atoms with van der Waals surface area (Å²) in [6.07, 6.45) is 1.61. The van der Waals surface area contributed by atoms with E-state index < -0.39 is 0 Å². The third-order valence-corrected chi connectivity index (χ3v) is 5.57. The number of fused-ring (bicyclic) bond motifs is 3. The van der Waals surface area contributed by atoms with Crippen LogP contribution in [0.5, 0.6) is 5.75 Å². The van der Waals surface area contributed by atoms with Gasteiger partial charge in [0.15, 0.2) is 5.82 Å². The molecule has 0 bridgehead atoms. The van der Waals surface area contributed by atoms with Crippen LogP contribution in [0.3, 0.4) is 0 Å². The Hall–Kier alpha value is -3.88. The molecule has 30 heavy (non-hydrogen) atoms. The van der Waals surface area contributed by atoms with Crippen LogP contribution >= 0.6 is 0 Å². The van der Waals surface area contributed by atoms with Crippen molar-refractivity contribution in [1.82, 2.24) is 15.0 Å². The second-order valence-corrected chi connectivity index (χ2v) is 7.21. The number of benzene rings is 2. The topological polar surface area (TPSA) is 100 Å². The first kappa shape index (κ1) is 18.2. The first-order chi connectivity index (χ1) is 14.6. The number of nitrogens with zero attached hydrogens (tertiary/aromatic N) is 5. The number of piperazine rings is 1. The number of nitrogens with one attached hydrogen (secondary N) is 1. The second kappa shape index (κ2) is 7.18. The number of anilines is 2. The third kappa shape index (κ3) is 3.04. The normalized spacial score (nSPS) is 14.4. The van der Waals surface area contributed by atoms with Gasteiger partial charge in [-0.15, -0.1) is 0 Å². The van der Waals surface area contributed by atoms with E-state index in [1.165, 1.54) is 0 Å². The Morgan fingerprint density at radius 3 is 2.47 bits per heavy atom. The number of non-ortho nitro benzene ring substituents is 1. The molecule has 0 aliphatic carbocycles.